The second kappa shape index (κ2) is 9.80. The molecular weight excluding hydrogens is 260 g/mol. The van der Waals surface area contributed by atoms with Crippen molar-refractivity contribution in [2.24, 2.45) is 17.6 Å². The molecule has 0 aromatic heterocycles. The summed E-state index contributed by atoms with van der Waals surface area (Å²) in [5.41, 5.74) is 6.82. The number of benzene rings is 1. The van der Waals surface area contributed by atoms with Gasteiger partial charge >= 0.3 is 0 Å². The van der Waals surface area contributed by atoms with E-state index in [9.17, 15) is 0 Å². The van der Waals surface area contributed by atoms with Crippen LogP contribution in [0.5, 0.6) is 5.75 Å². The van der Waals surface area contributed by atoms with E-state index in [0.29, 0.717) is 18.4 Å². The summed E-state index contributed by atoms with van der Waals surface area (Å²) in [4.78, 5) is 2.50. The molecule has 0 aliphatic rings. The van der Waals surface area contributed by atoms with Gasteiger partial charge in [0.1, 0.15) is 12.4 Å². The van der Waals surface area contributed by atoms with Gasteiger partial charge in [0.05, 0.1) is 0 Å². The van der Waals surface area contributed by atoms with E-state index in [0.717, 1.165) is 38.4 Å². The number of hydrogen-bond acceptors (Lipinski definition) is 3. The van der Waals surface area contributed by atoms with Gasteiger partial charge in [0, 0.05) is 19.6 Å². The predicted octanol–water partition coefficient (Wildman–Crippen LogP) is 3.18. The van der Waals surface area contributed by atoms with E-state index in [-0.39, 0.29) is 0 Å². The van der Waals surface area contributed by atoms with Crippen LogP contribution in [-0.2, 0) is 6.42 Å². The summed E-state index contributed by atoms with van der Waals surface area (Å²) in [7, 11) is 0. The standard InChI is InChI=1S/C18H32N2O/c1-15(2)13-20(14-16(3)4)11-12-21-18-7-5-17(6-8-18)9-10-19/h5-8,15-16H,9-14,19H2,1-4H3. The van der Waals surface area contributed by atoms with Crippen LogP contribution in [0.3, 0.4) is 0 Å². The van der Waals surface area contributed by atoms with Crippen LogP contribution in [0.15, 0.2) is 24.3 Å². The first kappa shape index (κ1) is 18.0. The summed E-state index contributed by atoms with van der Waals surface area (Å²) < 4.78 is 5.86. The Morgan fingerprint density at radius 2 is 1.57 bits per heavy atom. The second-order valence-corrected chi connectivity index (χ2v) is 6.58. The third-order valence-electron chi connectivity index (χ3n) is 3.28. The largest absolute Gasteiger partial charge is 0.492 e. The van der Waals surface area contributed by atoms with Gasteiger partial charge in [-0.2, -0.15) is 0 Å². The fourth-order valence-electron chi connectivity index (χ4n) is 2.50. The molecule has 1 aromatic carbocycles. The van der Waals surface area contributed by atoms with Crippen LogP contribution < -0.4 is 10.5 Å². The molecule has 0 unspecified atom stereocenters. The summed E-state index contributed by atoms with van der Waals surface area (Å²) in [5.74, 6) is 2.34. The third kappa shape index (κ3) is 8.08. The molecule has 0 radical (unpaired) electrons. The highest BCUT2D eigenvalue weighted by molar-refractivity contribution is 5.27. The Balaban J connectivity index is 2.38. The van der Waals surface area contributed by atoms with Gasteiger partial charge in [0.25, 0.3) is 0 Å². The molecule has 0 saturated carbocycles. The summed E-state index contributed by atoms with van der Waals surface area (Å²) in [5, 5.41) is 0. The fraction of sp³-hybridized carbons (Fsp3) is 0.667. The Bertz CT molecular complexity index is 363. The molecule has 1 aromatic rings. The average Bonchev–Trinajstić information content (AvgIpc) is 2.39. The molecule has 0 amide bonds. The molecule has 0 heterocycles. The number of nitrogens with two attached hydrogens (primary N) is 1. The van der Waals surface area contributed by atoms with E-state index in [2.05, 4.69) is 44.7 Å². The minimum Gasteiger partial charge on any atom is -0.492 e. The Kier molecular flexibility index (Phi) is 8.40. The van der Waals surface area contributed by atoms with Gasteiger partial charge in [-0.25, -0.2) is 0 Å². The van der Waals surface area contributed by atoms with Crippen LogP contribution in [0.1, 0.15) is 33.3 Å². The van der Waals surface area contributed by atoms with E-state index < -0.39 is 0 Å². The van der Waals surface area contributed by atoms with Crippen LogP contribution in [0.2, 0.25) is 0 Å². The highest BCUT2D eigenvalue weighted by Crippen LogP contribution is 2.12. The summed E-state index contributed by atoms with van der Waals surface area (Å²) in [6, 6.07) is 8.28. The summed E-state index contributed by atoms with van der Waals surface area (Å²) >= 11 is 0. The van der Waals surface area contributed by atoms with Crippen molar-refractivity contribution in [3.8, 4) is 5.75 Å². The molecule has 0 saturated heterocycles. The Morgan fingerprint density at radius 1 is 1.00 bits per heavy atom. The maximum Gasteiger partial charge on any atom is 0.119 e. The number of nitrogens with zero attached hydrogens (tertiary/aromatic N) is 1. The highest BCUT2D eigenvalue weighted by atomic mass is 16.5. The molecule has 0 aliphatic heterocycles. The van der Waals surface area contributed by atoms with Crippen molar-refractivity contribution in [3.63, 3.8) is 0 Å². The first-order chi connectivity index (χ1) is 10.0. The smallest absolute Gasteiger partial charge is 0.119 e. The molecule has 0 bridgehead atoms. The van der Waals surface area contributed by atoms with E-state index in [1.54, 1.807) is 0 Å². The van der Waals surface area contributed by atoms with Crippen molar-refractivity contribution < 1.29 is 4.74 Å². The monoisotopic (exact) mass is 292 g/mol. The van der Waals surface area contributed by atoms with Gasteiger partial charge in [-0.3, -0.25) is 4.90 Å². The van der Waals surface area contributed by atoms with Gasteiger partial charge in [0.2, 0.25) is 0 Å². The van der Waals surface area contributed by atoms with Crippen molar-refractivity contribution in [3.05, 3.63) is 29.8 Å². The molecule has 0 aliphatic carbocycles. The van der Waals surface area contributed by atoms with Gasteiger partial charge in [-0.05, 0) is 42.5 Å². The van der Waals surface area contributed by atoms with Gasteiger partial charge in [-0.1, -0.05) is 39.8 Å². The topological polar surface area (TPSA) is 38.5 Å². The Labute approximate surface area is 130 Å². The second-order valence-electron chi connectivity index (χ2n) is 6.58. The minimum absolute atomic E-state index is 0.694. The zero-order valence-corrected chi connectivity index (χ0v) is 14.1. The zero-order valence-electron chi connectivity index (χ0n) is 14.1. The summed E-state index contributed by atoms with van der Waals surface area (Å²) in [6.45, 7) is 13.8. The lowest BCUT2D eigenvalue weighted by molar-refractivity contribution is 0.177. The van der Waals surface area contributed by atoms with Crippen LogP contribution in [0, 0.1) is 11.8 Å². The van der Waals surface area contributed by atoms with Crippen LogP contribution in [0.4, 0.5) is 0 Å². The first-order valence-corrected chi connectivity index (χ1v) is 8.15. The molecule has 0 atom stereocenters. The average molecular weight is 292 g/mol. The third-order valence-corrected chi connectivity index (χ3v) is 3.28. The van der Waals surface area contributed by atoms with E-state index in [4.69, 9.17) is 10.5 Å². The molecular formula is C18H32N2O. The molecule has 0 fully saturated rings. The SMILES string of the molecule is CC(C)CN(CCOc1ccc(CCN)cc1)CC(C)C. The lowest BCUT2D eigenvalue weighted by atomic mass is 10.1. The van der Waals surface area contributed by atoms with Gasteiger partial charge < -0.3 is 10.5 Å². The molecule has 2 N–H and O–H groups in total. The van der Waals surface area contributed by atoms with Crippen molar-refractivity contribution in [1.29, 1.82) is 0 Å². The minimum atomic E-state index is 0.694. The van der Waals surface area contributed by atoms with Crippen molar-refractivity contribution in [1.82, 2.24) is 4.90 Å². The lowest BCUT2D eigenvalue weighted by Crippen LogP contribution is -2.34. The lowest BCUT2D eigenvalue weighted by Gasteiger charge is -2.26. The van der Waals surface area contributed by atoms with Crippen molar-refractivity contribution >= 4 is 0 Å². The van der Waals surface area contributed by atoms with Crippen LogP contribution >= 0.6 is 0 Å². The van der Waals surface area contributed by atoms with E-state index in [1.807, 2.05) is 12.1 Å². The number of rotatable bonds is 10. The first-order valence-electron chi connectivity index (χ1n) is 8.15. The number of hydrogen-bond donors (Lipinski definition) is 1. The highest BCUT2D eigenvalue weighted by Gasteiger charge is 2.09. The molecule has 1 rings (SSSR count). The van der Waals surface area contributed by atoms with E-state index >= 15 is 0 Å². The molecule has 3 heteroatoms. The molecule has 0 spiro atoms. The maximum absolute atomic E-state index is 5.86. The zero-order chi connectivity index (χ0) is 15.7. The molecule has 120 valence electrons. The molecule has 3 nitrogen and oxygen atoms in total. The number of ether oxygens (including phenoxy) is 1. The maximum atomic E-state index is 5.86. The van der Waals surface area contributed by atoms with Crippen molar-refractivity contribution in [2.45, 2.75) is 34.1 Å². The van der Waals surface area contributed by atoms with Gasteiger partial charge in [-0.15, -0.1) is 0 Å². The normalized spacial score (nSPS) is 11.6. The van der Waals surface area contributed by atoms with Crippen LogP contribution in [0.25, 0.3) is 0 Å². The van der Waals surface area contributed by atoms with Gasteiger partial charge in [0.15, 0.2) is 0 Å². The quantitative estimate of drug-likeness (QED) is 0.720. The molecule has 21 heavy (non-hydrogen) atoms. The Morgan fingerprint density at radius 3 is 2.05 bits per heavy atom. The fourth-order valence-corrected chi connectivity index (χ4v) is 2.50. The van der Waals surface area contributed by atoms with Crippen LogP contribution in [-0.4, -0.2) is 37.7 Å². The summed E-state index contributed by atoms with van der Waals surface area (Å²) in [6.07, 6.45) is 0.927. The predicted molar refractivity (Wildman–Crippen MR) is 90.8 cm³/mol. The van der Waals surface area contributed by atoms with Crippen molar-refractivity contribution in [2.75, 3.05) is 32.8 Å². The Hall–Kier alpha value is -1.06. The van der Waals surface area contributed by atoms with E-state index in [1.165, 1.54) is 5.56 Å².